The predicted molar refractivity (Wildman–Crippen MR) is 64.6 cm³/mol. The molecule has 14 heavy (non-hydrogen) atoms. The summed E-state index contributed by atoms with van der Waals surface area (Å²) >= 11 is 6.86. The van der Waals surface area contributed by atoms with Crippen molar-refractivity contribution in [1.29, 1.82) is 0 Å². The fraction of sp³-hybridized carbons (Fsp3) is 0.333. The molecule has 0 aliphatic heterocycles. The number of benzene rings is 1. The van der Waals surface area contributed by atoms with Crippen LogP contribution in [0.3, 0.4) is 0 Å². The third-order valence-corrected chi connectivity index (χ3v) is 2.61. The molecule has 1 aromatic carbocycles. The Morgan fingerprint density at radius 2 is 1.50 bits per heavy atom. The van der Waals surface area contributed by atoms with Crippen molar-refractivity contribution in [2.45, 2.75) is 10.7 Å². The first-order chi connectivity index (χ1) is 6.61. The minimum atomic E-state index is -0.500. The third-order valence-electron chi connectivity index (χ3n) is 1.41. The summed E-state index contributed by atoms with van der Waals surface area (Å²) in [6, 6.07) is 8.38. The summed E-state index contributed by atoms with van der Waals surface area (Å²) in [5.74, 6) is 0. The first-order valence-electron chi connectivity index (χ1n) is 3.88. The molecule has 0 bridgehead atoms. The summed E-state index contributed by atoms with van der Waals surface area (Å²) in [6.45, 7) is 0. The first kappa shape index (κ1) is 13.6. The lowest BCUT2D eigenvalue weighted by Crippen LogP contribution is -1.84. The van der Waals surface area contributed by atoms with E-state index in [4.69, 9.17) is 10.1 Å². The second kappa shape index (κ2) is 7.94. The number of halogens is 2. The summed E-state index contributed by atoms with van der Waals surface area (Å²) in [7, 11) is 0.889. The highest BCUT2D eigenvalue weighted by molar-refractivity contribution is 9.09. The van der Waals surface area contributed by atoms with E-state index in [1.165, 1.54) is 11.1 Å². The van der Waals surface area contributed by atoms with Crippen LogP contribution in [-0.2, 0) is 10.7 Å². The summed E-state index contributed by atoms with van der Waals surface area (Å²) in [5, 5.41) is 10.7. The van der Waals surface area contributed by atoms with Crippen LogP contribution in [-0.4, -0.2) is 12.0 Å². The van der Waals surface area contributed by atoms with E-state index < -0.39 is 4.92 Å². The van der Waals surface area contributed by atoms with E-state index in [0.717, 1.165) is 17.7 Å². The molecule has 0 unspecified atom stereocenters. The van der Waals surface area contributed by atoms with Gasteiger partial charge in [-0.05, 0) is 11.1 Å². The van der Waals surface area contributed by atoms with Gasteiger partial charge in [-0.3, -0.25) is 10.1 Å². The van der Waals surface area contributed by atoms with Crippen LogP contribution in [0.2, 0.25) is 0 Å². The first-order valence-corrected chi connectivity index (χ1v) is 6.12. The maximum absolute atomic E-state index is 8.81. The van der Waals surface area contributed by atoms with Crippen molar-refractivity contribution in [3.63, 3.8) is 0 Å². The van der Waals surface area contributed by atoms with Crippen molar-refractivity contribution in [3.05, 3.63) is 45.5 Å². The fourth-order valence-electron chi connectivity index (χ4n) is 0.818. The average Bonchev–Trinajstić information content (AvgIpc) is 2.17. The van der Waals surface area contributed by atoms with E-state index in [-0.39, 0.29) is 0 Å². The SMILES string of the molecule is BrCc1ccccc1CBr.C[N+](=O)[O-]. The van der Waals surface area contributed by atoms with Crippen molar-refractivity contribution < 1.29 is 4.92 Å². The molecule has 3 nitrogen and oxygen atoms in total. The van der Waals surface area contributed by atoms with Gasteiger partial charge in [0.25, 0.3) is 0 Å². The van der Waals surface area contributed by atoms with Crippen LogP contribution in [0.15, 0.2) is 24.3 Å². The Balaban J connectivity index is 0.000000364. The van der Waals surface area contributed by atoms with Gasteiger partial charge in [0.05, 0.1) is 0 Å². The lowest BCUT2D eigenvalue weighted by Gasteiger charge is -2.00. The molecule has 0 radical (unpaired) electrons. The molecule has 0 aromatic heterocycles. The van der Waals surface area contributed by atoms with Crippen molar-refractivity contribution >= 4 is 31.9 Å². The standard InChI is InChI=1S/C8H8Br2.CH3NO2/c9-5-7-3-1-2-4-8(7)6-10;1-2(3)4/h1-4H,5-6H2;1H3. The Morgan fingerprint density at radius 1 is 1.21 bits per heavy atom. The van der Waals surface area contributed by atoms with E-state index in [9.17, 15) is 0 Å². The molecule has 0 N–H and O–H groups in total. The quantitative estimate of drug-likeness (QED) is 0.475. The number of hydrogen-bond donors (Lipinski definition) is 0. The normalized spacial score (nSPS) is 8.79. The molecular formula is C9H11Br2NO2. The predicted octanol–water partition coefficient (Wildman–Crippen LogP) is 3.37. The Labute approximate surface area is 99.9 Å². The molecule has 0 amide bonds. The minimum absolute atomic E-state index is 0.500. The van der Waals surface area contributed by atoms with Gasteiger partial charge in [-0.25, -0.2) is 0 Å². The summed E-state index contributed by atoms with van der Waals surface area (Å²) in [5.41, 5.74) is 2.72. The Kier molecular flexibility index (Phi) is 7.70. The zero-order valence-electron chi connectivity index (χ0n) is 7.74. The summed E-state index contributed by atoms with van der Waals surface area (Å²) < 4.78 is 0. The van der Waals surface area contributed by atoms with Gasteiger partial charge in [0.2, 0.25) is 0 Å². The number of nitro groups is 1. The van der Waals surface area contributed by atoms with E-state index in [2.05, 4.69) is 56.1 Å². The van der Waals surface area contributed by atoms with Gasteiger partial charge in [-0.2, -0.15) is 0 Å². The highest BCUT2D eigenvalue weighted by Gasteiger charge is 1.95. The molecule has 5 heteroatoms. The van der Waals surface area contributed by atoms with Gasteiger partial charge in [0, 0.05) is 15.6 Å². The average molecular weight is 325 g/mol. The topological polar surface area (TPSA) is 43.1 Å². The van der Waals surface area contributed by atoms with Crippen LogP contribution in [0, 0.1) is 10.1 Å². The lowest BCUT2D eigenvalue weighted by atomic mass is 10.1. The molecule has 78 valence electrons. The highest BCUT2D eigenvalue weighted by atomic mass is 79.9. The van der Waals surface area contributed by atoms with Crippen LogP contribution in [0.4, 0.5) is 0 Å². The molecule has 1 aromatic rings. The minimum Gasteiger partial charge on any atom is -0.265 e. The van der Waals surface area contributed by atoms with Crippen LogP contribution in [0.25, 0.3) is 0 Å². The molecule has 0 saturated heterocycles. The summed E-state index contributed by atoms with van der Waals surface area (Å²) in [6.07, 6.45) is 0. The van der Waals surface area contributed by atoms with E-state index in [0.29, 0.717) is 0 Å². The maximum atomic E-state index is 8.81. The van der Waals surface area contributed by atoms with Gasteiger partial charge in [-0.1, -0.05) is 56.1 Å². The monoisotopic (exact) mass is 323 g/mol. The van der Waals surface area contributed by atoms with E-state index in [1.807, 2.05) is 0 Å². The Bertz CT molecular complexity index is 265. The van der Waals surface area contributed by atoms with E-state index >= 15 is 0 Å². The second-order valence-corrected chi connectivity index (χ2v) is 3.60. The largest absolute Gasteiger partial charge is 0.265 e. The second-order valence-electron chi connectivity index (χ2n) is 2.48. The van der Waals surface area contributed by atoms with Gasteiger partial charge in [0.15, 0.2) is 7.05 Å². The van der Waals surface area contributed by atoms with Gasteiger partial charge < -0.3 is 0 Å². The highest BCUT2D eigenvalue weighted by Crippen LogP contribution is 2.14. The van der Waals surface area contributed by atoms with Crippen LogP contribution in [0.5, 0.6) is 0 Å². The van der Waals surface area contributed by atoms with Crippen molar-refractivity contribution in [1.82, 2.24) is 0 Å². The molecule has 0 aliphatic carbocycles. The van der Waals surface area contributed by atoms with Crippen LogP contribution in [0.1, 0.15) is 11.1 Å². The third kappa shape index (κ3) is 6.10. The number of alkyl halides is 2. The molecule has 0 aliphatic rings. The van der Waals surface area contributed by atoms with Gasteiger partial charge in [-0.15, -0.1) is 0 Å². The molecule has 0 saturated carbocycles. The Morgan fingerprint density at radius 3 is 1.71 bits per heavy atom. The number of rotatable bonds is 2. The van der Waals surface area contributed by atoms with Crippen LogP contribution < -0.4 is 0 Å². The fourth-order valence-corrected chi connectivity index (χ4v) is 1.91. The Hall–Kier alpha value is -0.420. The molecule has 0 atom stereocenters. The maximum Gasteiger partial charge on any atom is 0.194 e. The van der Waals surface area contributed by atoms with Crippen LogP contribution >= 0.6 is 31.9 Å². The number of nitrogens with zero attached hydrogens (tertiary/aromatic N) is 1. The van der Waals surface area contributed by atoms with Crippen molar-refractivity contribution in [2.75, 3.05) is 7.05 Å². The van der Waals surface area contributed by atoms with Crippen molar-refractivity contribution in [2.24, 2.45) is 0 Å². The molecule has 0 fully saturated rings. The van der Waals surface area contributed by atoms with Crippen molar-refractivity contribution in [3.8, 4) is 0 Å². The molecule has 0 heterocycles. The van der Waals surface area contributed by atoms with Gasteiger partial charge >= 0.3 is 0 Å². The molecular weight excluding hydrogens is 314 g/mol. The molecule has 1 rings (SSSR count). The summed E-state index contributed by atoms with van der Waals surface area (Å²) in [4.78, 5) is 8.31. The smallest absolute Gasteiger partial charge is 0.194 e. The molecule has 0 spiro atoms. The van der Waals surface area contributed by atoms with E-state index in [1.54, 1.807) is 0 Å². The lowest BCUT2D eigenvalue weighted by molar-refractivity contribution is -0.445. The van der Waals surface area contributed by atoms with Gasteiger partial charge in [0.1, 0.15) is 0 Å². The number of hydrogen-bond acceptors (Lipinski definition) is 2. The zero-order chi connectivity index (χ0) is 11.0. The zero-order valence-corrected chi connectivity index (χ0v) is 10.9.